The van der Waals surface area contributed by atoms with Crippen LogP contribution in [0.1, 0.15) is 36.4 Å². The Kier molecular flexibility index (Phi) is 5.53. The van der Waals surface area contributed by atoms with Crippen LogP contribution >= 0.6 is 0 Å². The molecule has 2 aliphatic heterocycles. The number of benzene rings is 1. The molecule has 2 aliphatic rings. The van der Waals surface area contributed by atoms with Crippen LogP contribution in [0.15, 0.2) is 17.2 Å². The van der Waals surface area contributed by atoms with Crippen LogP contribution in [0, 0.1) is 0 Å². The van der Waals surface area contributed by atoms with Gasteiger partial charge in [0.25, 0.3) is 5.91 Å². The van der Waals surface area contributed by atoms with Crippen LogP contribution in [0.25, 0.3) is 0 Å². The second-order valence-corrected chi connectivity index (χ2v) is 6.73. The number of amides is 2. The van der Waals surface area contributed by atoms with Crippen molar-refractivity contribution in [2.45, 2.75) is 31.7 Å². The van der Waals surface area contributed by atoms with Gasteiger partial charge < -0.3 is 19.5 Å². The molecule has 1 aromatic carbocycles. The lowest BCUT2D eigenvalue weighted by Gasteiger charge is -2.37. The summed E-state index contributed by atoms with van der Waals surface area (Å²) in [6.07, 6.45) is 0.771. The minimum absolute atomic E-state index is 0.153. The van der Waals surface area contributed by atoms with Crippen LogP contribution in [-0.2, 0) is 20.8 Å². The minimum atomic E-state index is -1.01. The Morgan fingerprint density at radius 2 is 1.86 bits per heavy atom. The lowest BCUT2D eigenvalue weighted by atomic mass is 9.89. The number of carboxylic acid groups (broad SMARTS) is 1. The topological polar surface area (TPSA) is 109 Å². The maximum Gasteiger partial charge on any atom is 0.305 e. The molecule has 150 valence electrons. The van der Waals surface area contributed by atoms with Crippen LogP contribution in [0.5, 0.6) is 11.5 Å². The Morgan fingerprint density at radius 3 is 2.46 bits per heavy atom. The molecule has 0 radical (unpaired) electrons. The van der Waals surface area contributed by atoms with Crippen molar-refractivity contribution in [1.82, 2.24) is 9.91 Å². The first-order valence-corrected chi connectivity index (χ1v) is 8.97. The summed E-state index contributed by atoms with van der Waals surface area (Å²) in [6, 6.07) is 2.91. The lowest BCUT2D eigenvalue weighted by Crippen LogP contribution is -2.46. The molecule has 0 aliphatic carbocycles. The summed E-state index contributed by atoms with van der Waals surface area (Å²) in [6.45, 7) is 0.357. The zero-order chi connectivity index (χ0) is 20.4. The van der Waals surface area contributed by atoms with E-state index in [1.54, 1.807) is 6.07 Å². The number of hydrogen-bond donors (Lipinski definition) is 1. The van der Waals surface area contributed by atoms with Crippen LogP contribution in [-0.4, -0.2) is 66.3 Å². The standard InChI is InChI=1S/C19H23N3O6/c1-21-17(23)5-4-13(20-21)19(26)22-7-6-11-8-15(27-2)16(28-3)9-12(11)14(22)10-18(24)25/h8-9,14H,4-7,10H2,1-3H3,(H,24,25). The Hall–Kier alpha value is -3.10. The molecule has 9 nitrogen and oxygen atoms in total. The molecule has 0 aromatic heterocycles. The molecular formula is C19H23N3O6. The van der Waals surface area contributed by atoms with E-state index >= 15 is 0 Å². The van der Waals surface area contributed by atoms with Crippen LogP contribution in [0.3, 0.4) is 0 Å². The van der Waals surface area contributed by atoms with Crippen LogP contribution in [0.4, 0.5) is 0 Å². The normalized spacial score (nSPS) is 19.0. The molecule has 2 amide bonds. The fourth-order valence-corrected chi connectivity index (χ4v) is 3.65. The molecule has 1 unspecified atom stereocenters. The predicted octanol–water partition coefficient (Wildman–Crippen LogP) is 1.21. The van der Waals surface area contributed by atoms with E-state index in [2.05, 4.69) is 5.10 Å². The highest BCUT2D eigenvalue weighted by molar-refractivity contribution is 6.39. The Balaban J connectivity index is 1.99. The van der Waals surface area contributed by atoms with Gasteiger partial charge in [0.2, 0.25) is 5.91 Å². The van der Waals surface area contributed by atoms with Gasteiger partial charge in [-0.05, 0) is 29.7 Å². The van der Waals surface area contributed by atoms with Crippen LogP contribution < -0.4 is 9.47 Å². The van der Waals surface area contributed by atoms with Crippen molar-refractivity contribution in [2.75, 3.05) is 27.8 Å². The number of fused-ring (bicyclic) bond motifs is 1. The summed E-state index contributed by atoms with van der Waals surface area (Å²) in [5.41, 5.74) is 1.91. The number of carbonyl (C=O) groups is 3. The largest absolute Gasteiger partial charge is 0.493 e. The van der Waals surface area contributed by atoms with Crippen molar-refractivity contribution < 1.29 is 29.0 Å². The Bertz CT molecular complexity index is 850. The first-order chi connectivity index (χ1) is 13.3. The molecular weight excluding hydrogens is 366 g/mol. The number of carbonyl (C=O) groups excluding carboxylic acids is 2. The van der Waals surface area contributed by atoms with Crippen LogP contribution in [0.2, 0.25) is 0 Å². The molecule has 2 heterocycles. The predicted molar refractivity (Wildman–Crippen MR) is 99.4 cm³/mol. The van der Waals surface area contributed by atoms with E-state index in [4.69, 9.17) is 9.47 Å². The zero-order valence-electron chi connectivity index (χ0n) is 16.1. The monoisotopic (exact) mass is 389 g/mol. The number of carboxylic acids is 1. The van der Waals surface area contributed by atoms with E-state index in [0.29, 0.717) is 24.5 Å². The summed E-state index contributed by atoms with van der Waals surface area (Å²) in [4.78, 5) is 37.8. The quantitative estimate of drug-likeness (QED) is 0.811. The second kappa shape index (κ2) is 7.87. The maximum absolute atomic E-state index is 13.1. The van der Waals surface area contributed by atoms with Gasteiger partial charge in [-0.2, -0.15) is 5.10 Å². The molecule has 0 saturated carbocycles. The minimum Gasteiger partial charge on any atom is -0.493 e. The lowest BCUT2D eigenvalue weighted by molar-refractivity contribution is -0.139. The average Bonchev–Trinajstić information content (AvgIpc) is 2.68. The average molecular weight is 389 g/mol. The number of methoxy groups -OCH3 is 2. The third kappa shape index (κ3) is 3.64. The molecule has 0 bridgehead atoms. The van der Waals surface area contributed by atoms with E-state index < -0.39 is 12.0 Å². The highest BCUT2D eigenvalue weighted by Crippen LogP contribution is 2.39. The van der Waals surface area contributed by atoms with Gasteiger partial charge in [0, 0.05) is 26.4 Å². The first-order valence-electron chi connectivity index (χ1n) is 8.97. The molecule has 0 saturated heterocycles. The molecule has 0 spiro atoms. The van der Waals surface area contributed by atoms with Gasteiger partial charge >= 0.3 is 5.97 Å². The van der Waals surface area contributed by atoms with Gasteiger partial charge in [0.15, 0.2) is 11.5 Å². The summed E-state index contributed by atoms with van der Waals surface area (Å²) in [5, 5.41) is 14.7. The highest BCUT2D eigenvalue weighted by atomic mass is 16.5. The number of nitrogens with zero attached hydrogens (tertiary/aromatic N) is 3. The van der Waals surface area contributed by atoms with Gasteiger partial charge in [0.05, 0.1) is 26.7 Å². The van der Waals surface area contributed by atoms with Gasteiger partial charge in [-0.3, -0.25) is 14.4 Å². The van der Waals surface area contributed by atoms with Crippen molar-refractivity contribution in [3.05, 3.63) is 23.3 Å². The van der Waals surface area contributed by atoms with Crippen molar-refractivity contribution in [3.63, 3.8) is 0 Å². The van der Waals surface area contributed by atoms with E-state index in [-0.39, 0.29) is 36.8 Å². The third-order valence-corrected chi connectivity index (χ3v) is 5.09. The molecule has 0 fully saturated rings. The van der Waals surface area contributed by atoms with Gasteiger partial charge in [-0.15, -0.1) is 0 Å². The number of hydrogen-bond acceptors (Lipinski definition) is 6. The van der Waals surface area contributed by atoms with Crippen molar-refractivity contribution >= 4 is 23.5 Å². The fraction of sp³-hybridized carbons (Fsp3) is 0.474. The molecule has 1 aromatic rings. The zero-order valence-corrected chi connectivity index (χ0v) is 16.1. The molecule has 9 heteroatoms. The van der Waals surface area contributed by atoms with Crippen molar-refractivity contribution in [3.8, 4) is 11.5 Å². The van der Waals surface area contributed by atoms with Gasteiger partial charge in [0.1, 0.15) is 5.71 Å². The highest BCUT2D eigenvalue weighted by Gasteiger charge is 2.36. The van der Waals surface area contributed by atoms with Crippen molar-refractivity contribution in [2.24, 2.45) is 5.10 Å². The summed E-state index contributed by atoms with van der Waals surface area (Å²) >= 11 is 0. The summed E-state index contributed by atoms with van der Waals surface area (Å²) in [5.74, 6) is -0.466. The van der Waals surface area contributed by atoms with E-state index in [0.717, 1.165) is 16.1 Å². The smallest absolute Gasteiger partial charge is 0.305 e. The van der Waals surface area contributed by atoms with Crippen molar-refractivity contribution in [1.29, 1.82) is 0 Å². The Labute approximate surface area is 162 Å². The van der Waals surface area contributed by atoms with E-state index in [1.807, 2.05) is 6.07 Å². The molecule has 3 rings (SSSR count). The number of hydrazone groups is 1. The summed E-state index contributed by atoms with van der Waals surface area (Å²) in [7, 11) is 4.55. The molecule has 28 heavy (non-hydrogen) atoms. The molecule has 1 atom stereocenters. The SMILES string of the molecule is COc1cc2c(cc1OC)C(CC(=O)O)N(C(=O)C1=NN(C)C(=O)CC1)CC2. The first kappa shape index (κ1) is 19.7. The summed E-state index contributed by atoms with van der Waals surface area (Å²) < 4.78 is 10.7. The van der Waals surface area contributed by atoms with Gasteiger partial charge in [-0.25, -0.2) is 5.01 Å². The maximum atomic E-state index is 13.1. The number of ether oxygens (including phenoxy) is 2. The van der Waals surface area contributed by atoms with E-state index in [9.17, 15) is 19.5 Å². The second-order valence-electron chi connectivity index (χ2n) is 6.73. The third-order valence-electron chi connectivity index (χ3n) is 5.09. The molecule has 1 N–H and O–H groups in total. The van der Waals surface area contributed by atoms with Gasteiger partial charge in [-0.1, -0.05) is 0 Å². The van der Waals surface area contributed by atoms with E-state index in [1.165, 1.54) is 26.2 Å². The fourth-order valence-electron chi connectivity index (χ4n) is 3.65. The Morgan fingerprint density at radius 1 is 1.18 bits per heavy atom. The number of rotatable bonds is 5. The number of aliphatic carboxylic acids is 1.